The zero-order chi connectivity index (χ0) is 23.0. The molecule has 0 aromatic heterocycles. The minimum absolute atomic E-state index is 0.0120. The van der Waals surface area contributed by atoms with Gasteiger partial charge < -0.3 is 14.2 Å². The normalized spacial score (nSPS) is 18.8. The highest BCUT2D eigenvalue weighted by Crippen LogP contribution is 2.39. The Labute approximate surface area is 197 Å². The molecule has 0 spiro atoms. The maximum Gasteiger partial charge on any atom is 0.127 e. The quantitative estimate of drug-likeness (QED) is 0.185. The number of rotatable bonds is 12. The standard InChI is InChI=1S/C28H36O3S/c1-21(22(2)20-32-26-12-7-6-8-13-26)10-9-11-24(18-19-27-28(3,4)31-27)30-25-16-14-23(29-5)15-17-25/h6-8,11-17,20-21,27H,9-10,18-19H2,1-5H3/b22-20?,24-11-/t21-,27+/m0/s1. The maximum atomic E-state index is 6.24. The summed E-state index contributed by atoms with van der Waals surface area (Å²) in [5.74, 6) is 3.22. The molecule has 0 amide bonds. The lowest BCUT2D eigenvalue weighted by Gasteiger charge is -2.13. The van der Waals surface area contributed by atoms with Gasteiger partial charge in [-0.05, 0) is 93.8 Å². The van der Waals surface area contributed by atoms with Gasteiger partial charge in [0, 0.05) is 11.3 Å². The van der Waals surface area contributed by atoms with E-state index < -0.39 is 0 Å². The molecule has 4 heteroatoms. The van der Waals surface area contributed by atoms with E-state index in [1.54, 1.807) is 18.9 Å². The molecule has 3 rings (SSSR count). The summed E-state index contributed by atoms with van der Waals surface area (Å²) in [6.07, 6.45) is 6.53. The first-order chi connectivity index (χ1) is 15.4. The van der Waals surface area contributed by atoms with Gasteiger partial charge in [0.15, 0.2) is 0 Å². The molecule has 1 heterocycles. The zero-order valence-corrected chi connectivity index (χ0v) is 20.8. The molecule has 0 saturated carbocycles. The SMILES string of the molecule is COc1ccc(O/C(=C\CC[C@H](C)C(C)=CSc2ccccc2)CC[C@H]2OC2(C)C)cc1. The van der Waals surface area contributed by atoms with Crippen LogP contribution in [0.3, 0.4) is 0 Å². The minimum atomic E-state index is 0.0120. The number of ether oxygens (including phenoxy) is 3. The number of epoxide rings is 1. The fourth-order valence-electron chi connectivity index (χ4n) is 3.50. The van der Waals surface area contributed by atoms with E-state index in [1.807, 2.05) is 24.3 Å². The van der Waals surface area contributed by atoms with Crippen molar-refractivity contribution in [3.8, 4) is 11.5 Å². The van der Waals surface area contributed by atoms with Gasteiger partial charge >= 0.3 is 0 Å². The molecule has 0 radical (unpaired) electrons. The van der Waals surface area contributed by atoms with Crippen molar-refractivity contribution < 1.29 is 14.2 Å². The Morgan fingerprint density at radius 3 is 2.38 bits per heavy atom. The lowest BCUT2D eigenvalue weighted by Crippen LogP contribution is -2.05. The summed E-state index contributed by atoms with van der Waals surface area (Å²) < 4.78 is 17.3. The second-order valence-electron chi connectivity index (χ2n) is 8.97. The molecule has 0 N–H and O–H groups in total. The number of benzene rings is 2. The first kappa shape index (κ1) is 24.5. The minimum Gasteiger partial charge on any atom is -0.497 e. The van der Waals surface area contributed by atoms with Crippen LogP contribution < -0.4 is 9.47 Å². The Morgan fingerprint density at radius 2 is 1.75 bits per heavy atom. The van der Waals surface area contributed by atoms with Crippen molar-refractivity contribution >= 4 is 11.8 Å². The Hall–Kier alpha value is -2.17. The predicted molar refractivity (Wildman–Crippen MR) is 134 cm³/mol. The highest BCUT2D eigenvalue weighted by atomic mass is 32.2. The number of allylic oxidation sites excluding steroid dienone is 3. The summed E-state index contributed by atoms with van der Waals surface area (Å²) >= 11 is 1.79. The molecule has 0 bridgehead atoms. The second kappa shape index (κ2) is 11.6. The molecular weight excluding hydrogens is 416 g/mol. The molecule has 1 aliphatic heterocycles. The average Bonchev–Trinajstić information content (AvgIpc) is 3.42. The van der Waals surface area contributed by atoms with Crippen molar-refractivity contribution in [2.24, 2.45) is 5.92 Å². The van der Waals surface area contributed by atoms with Gasteiger partial charge in [0.1, 0.15) is 17.3 Å². The van der Waals surface area contributed by atoms with Crippen LogP contribution in [-0.4, -0.2) is 18.8 Å². The monoisotopic (exact) mass is 452 g/mol. The number of hydrogen-bond donors (Lipinski definition) is 0. The van der Waals surface area contributed by atoms with E-state index >= 15 is 0 Å². The van der Waals surface area contributed by atoms with Gasteiger partial charge in [-0.1, -0.05) is 42.5 Å². The van der Waals surface area contributed by atoms with Crippen LogP contribution in [0.1, 0.15) is 53.4 Å². The van der Waals surface area contributed by atoms with Crippen molar-refractivity contribution in [2.75, 3.05) is 7.11 Å². The first-order valence-electron chi connectivity index (χ1n) is 11.4. The van der Waals surface area contributed by atoms with Crippen molar-refractivity contribution in [3.05, 3.63) is 77.4 Å². The second-order valence-corrected chi connectivity index (χ2v) is 9.91. The summed E-state index contributed by atoms with van der Waals surface area (Å²) in [6, 6.07) is 18.3. The molecule has 2 aromatic carbocycles. The van der Waals surface area contributed by atoms with Gasteiger partial charge in [-0.25, -0.2) is 0 Å². The number of thioether (sulfide) groups is 1. The topological polar surface area (TPSA) is 31.0 Å². The average molecular weight is 453 g/mol. The smallest absolute Gasteiger partial charge is 0.127 e. The summed E-state index contributed by atoms with van der Waals surface area (Å²) in [4.78, 5) is 1.28. The van der Waals surface area contributed by atoms with E-state index in [1.165, 1.54) is 10.5 Å². The summed E-state index contributed by atoms with van der Waals surface area (Å²) in [5, 5.41) is 2.28. The van der Waals surface area contributed by atoms with Gasteiger partial charge in [0.25, 0.3) is 0 Å². The highest BCUT2D eigenvalue weighted by molar-refractivity contribution is 8.02. The third kappa shape index (κ3) is 7.75. The van der Waals surface area contributed by atoms with Crippen LogP contribution in [0.25, 0.3) is 0 Å². The van der Waals surface area contributed by atoms with Gasteiger partial charge in [-0.3, -0.25) is 0 Å². The van der Waals surface area contributed by atoms with Crippen LogP contribution in [-0.2, 0) is 4.74 Å². The Balaban J connectivity index is 1.55. The number of hydrogen-bond acceptors (Lipinski definition) is 4. The largest absolute Gasteiger partial charge is 0.497 e. The van der Waals surface area contributed by atoms with Gasteiger partial charge in [0.05, 0.1) is 18.8 Å². The Morgan fingerprint density at radius 1 is 1.09 bits per heavy atom. The van der Waals surface area contributed by atoms with E-state index in [2.05, 4.69) is 69.5 Å². The zero-order valence-electron chi connectivity index (χ0n) is 20.0. The molecule has 2 atom stereocenters. The van der Waals surface area contributed by atoms with Crippen molar-refractivity contribution in [2.45, 2.75) is 70.0 Å². The fourth-order valence-corrected chi connectivity index (χ4v) is 4.37. The summed E-state index contributed by atoms with van der Waals surface area (Å²) in [5.41, 5.74) is 1.43. The van der Waals surface area contributed by atoms with E-state index in [0.29, 0.717) is 12.0 Å². The predicted octanol–water partition coefficient (Wildman–Crippen LogP) is 8.03. The van der Waals surface area contributed by atoms with Crippen LogP contribution >= 0.6 is 11.8 Å². The van der Waals surface area contributed by atoms with E-state index in [-0.39, 0.29) is 5.60 Å². The molecule has 2 aromatic rings. The molecule has 172 valence electrons. The fraction of sp³-hybridized carbons (Fsp3) is 0.429. The summed E-state index contributed by atoms with van der Waals surface area (Å²) in [7, 11) is 1.68. The van der Waals surface area contributed by atoms with Gasteiger partial charge in [-0.15, -0.1) is 0 Å². The van der Waals surface area contributed by atoms with Crippen molar-refractivity contribution in [1.82, 2.24) is 0 Å². The van der Waals surface area contributed by atoms with Crippen LogP contribution in [0.2, 0.25) is 0 Å². The molecule has 0 aliphatic carbocycles. The number of methoxy groups -OCH3 is 1. The van der Waals surface area contributed by atoms with Crippen LogP contribution in [0.15, 0.2) is 82.3 Å². The third-order valence-corrected chi connectivity index (χ3v) is 7.03. The molecule has 1 fully saturated rings. The van der Waals surface area contributed by atoms with E-state index in [9.17, 15) is 0 Å². The third-order valence-electron chi connectivity index (χ3n) is 6.00. The molecule has 3 nitrogen and oxygen atoms in total. The van der Waals surface area contributed by atoms with E-state index in [0.717, 1.165) is 42.9 Å². The van der Waals surface area contributed by atoms with Crippen molar-refractivity contribution in [3.63, 3.8) is 0 Å². The Bertz CT molecular complexity index is 900. The molecule has 0 unspecified atom stereocenters. The van der Waals surface area contributed by atoms with Crippen LogP contribution in [0.5, 0.6) is 11.5 Å². The molecule has 1 saturated heterocycles. The lowest BCUT2D eigenvalue weighted by atomic mass is 9.98. The van der Waals surface area contributed by atoms with E-state index in [4.69, 9.17) is 14.2 Å². The lowest BCUT2D eigenvalue weighted by molar-refractivity contribution is 0.314. The van der Waals surface area contributed by atoms with Crippen LogP contribution in [0.4, 0.5) is 0 Å². The van der Waals surface area contributed by atoms with Crippen LogP contribution in [0, 0.1) is 5.92 Å². The van der Waals surface area contributed by atoms with Crippen molar-refractivity contribution in [1.29, 1.82) is 0 Å². The first-order valence-corrected chi connectivity index (χ1v) is 12.3. The Kier molecular flexibility index (Phi) is 8.89. The van der Waals surface area contributed by atoms with Gasteiger partial charge in [0.2, 0.25) is 0 Å². The molecule has 32 heavy (non-hydrogen) atoms. The molecule has 1 aliphatic rings. The maximum absolute atomic E-state index is 6.24. The highest BCUT2D eigenvalue weighted by Gasteiger charge is 2.47. The van der Waals surface area contributed by atoms with Gasteiger partial charge in [-0.2, -0.15) is 0 Å². The summed E-state index contributed by atoms with van der Waals surface area (Å²) in [6.45, 7) is 8.83. The molecular formula is C28H36O3S.